The molecule has 0 amide bonds. The molecule has 0 atom stereocenters. The summed E-state index contributed by atoms with van der Waals surface area (Å²) in [5, 5.41) is 3.35. The minimum atomic E-state index is -0.290. The van der Waals surface area contributed by atoms with Crippen molar-refractivity contribution in [1.82, 2.24) is 5.32 Å². The summed E-state index contributed by atoms with van der Waals surface area (Å²) < 4.78 is 12.3. The summed E-state index contributed by atoms with van der Waals surface area (Å²) in [6, 6.07) is 8.57. The summed E-state index contributed by atoms with van der Waals surface area (Å²) >= 11 is 0. The highest BCUT2D eigenvalue weighted by Gasteiger charge is 2.51. The lowest BCUT2D eigenvalue weighted by Gasteiger charge is -2.32. The van der Waals surface area contributed by atoms with Crippen LogP contribution in [0.5, 0.6) is 0 Å². The Morgan fingerprint density at radius 1 is 1.10 bits per heavy atom. The lowest BCUT2D eigenvalue weighted by Crippen LogP contribution is -2.41. The first-order valence-corrected chi connectivity index (χ1v) is 7.75. The van der Waals surface area contributed by atoms with Crippen LogP contribution >= 0.6 is 0 Å². The van der Waals surface area contributed by atoms with Gasteiger partial charge in [0.25, 0.3) is 0 Å². The Labute approximate surface area is 127 Å². The average molecular weight is 285 g/mol. The van der Waals surface area contributed by atoms with E-state index in [1.165, 1.54) is 11.1 Å². The molecule has 0 radical (unpaired) electrons. The zero-order valence-electron chi connectivity index (χ0n) is 13.4. The highest BCUT2D eigenvalue weighted by Crippen LogP contribution is 2.36. The van der Waals surface area contributed by atoms with Gasteiger partial charge in [-0.05, 0) is 57.3 Å². The first kappa shape index (κ1) is 14.8. The molecular formula is C17H24BNO2. The Hall–Kier alpha value is -1.10. The topological polar surface area (TPSA) is 30.5 Å². The van der Waals surface area contributed by atoms with Gasteiger partial charge in [-0.15, -0.1) is 0 Å². The molecule has 0 aromatic heterocycles. The van der Waals surface area contributed by atoms with Gasteiger partial charge in [0.15, 0.2) is 0 Å². The molecule has 1 saturated heterocycles. The summed E-state index contributed by atoms with van der Waals surface area (Å²) in [5.41, 5.74) is 3.21. The van der Waals surface area contributed by atoms with Crippen LogP contribution in [-0.2, 0) is 9.31 Å². The third-order valence-electron chi connectivity index (χ3n) is 4.85. The maximum absolute atomic E-state index is 6.14. The van der Waals surface area contributed by atoms with Crippen molar-refractivity contribution in [1.29, 1.82) is 0 Å². The Morgan fingerprint density at radius 2 is 1.81 bits per heavy atom. The SMILES string of the molecule is CC1(C)OB(c2cccc(C3=CCNCC3)c2)OC1(C)C. The summed E-state index contributed by atoms with van der Waals surface area (Å²) in [6.07, 6.45) is 3.35. The highest BCUT2D eigenvalue weighted by molar-refractivity contribution is 6.62. The molecule has 1 fully saturated rings. The Kier molecular flexibility index (Phi) is 3.72. The van der Waals surface area contributed by atoms with Crippen LogP contribution in [0.15, 0.2) is 30.3 Å². The number of hydrogen-bond donors (Lipinski definition) is 1. The van der Waals surface area contributed by atoms with Gasteiger partial charge in [0, 0.05) is 6.54 Å². The molecule has 0 aliphatic carbocycles. The second-order valence-corrected chi connectivity index (χ2v) is 6.90. The minimum absolute atomic E-state index is 0.280. The average Bonchev–Trinajstić information content (AvgIpc) is 2.69. The third-order valence-corrected chi connectivity index (χ3v) is 4.85. The van der Waals surface area contributed by atoms with Gasteiger partial charge in [-0.1, -0.05) is 30.3 Å². The molecular weight excluding hydrogens is 261 g/mol. The molecule has 112 valence electrons. The summed E-state index contributed by atoms with van der Waals surface area (Å²) in [5.74, 6) is 0. The molecule has 3 nitrogen and oxygen atoms in total. The molecule has 0 unspecified atom stereocenters. The predicted octanol–water partition coefficient (Wildman–Crippen LogP) is 2.36. The van der Waals surface area contributed by atoms with Crippen molar-refractivity contribution in [2.24, 2.45) is 0 Å². The van der Waals surface area contributed by atoms with Crippen LogP contribution < -0.4 is 10.8 Å². The molecule has 1 aromatic carbocycles. The van der Waals surface area contributed by atoms with E-state index in [-0.39, 0.29) is 18.3 Å². The minimum Gasteiger partial charge on any atom is -0.399 e. The molecule has 2 heterocycles. The second-order valence-electron chi connectivity index (χ2n) is 6.90. The van der Waals surface area contributed by atoms with Crippen LogP contribution in [0.4, 0.5) is 0 Å². The van der Waals surface area contributed by atoms with E-state index < -0.39 is 0 Å². The molecule has 1 aromatic rings. The van der Waals surface area contributed by atoms with Crippen molar-refractivity contribution < 1.29 is 9.31 Å². The molecule has 0 spiro atoms. The van der Waals surface area contributed by atoms with Gasteiger partial charge in [-0.2, -0.15) is 0 Å². The van der Waals surface area contributed by atoms with E-state index in [9.17, 15) is 0 Å². The van der Waals surface area contributed by atoms with Crippen molar-refractivity contribution in [2.75, 3.05) is 13.1 Å². The molecule has 4 heteroatoms. The summed E-state index contributed by atoms with van der Waals surface area (Å²) in [4.78, 5) is 0. The molecule has 3 rings (SSSR count). The smallest absolute Gasteiger partial charge is 0.399 e. The monoisotopic (exact) mass is 285 g/mol. The maximum Gasteiger partial charge on any atom is 0.494 e. The van der Waals surface area contributed by atoms with Crippen LogP contribution in [0.3, 0.4) is 0 Å². The number of nitrogens with one attached hydrogen (secondary N) is 1. The molecule has 2 aliphatic heterocycles. The maximum atomic E-state index is 6.14. The first-order valence-electron chi connectivity index (χ1n) is 7.75. The fraction of sp³-hybridized carbons (Fsp3) is 0.529. The zero-order valence-corrected chi connectivity index (χ0v) is 13.4. The number of benzene rings is 1. The van der Waals surface area contributed by atoms with Crippen molar-refractivity contribution in [3.8, 4) is 0 Å². The fourth-order valence-electron chi connectivity index (χ4n) is 2.75. The largest absolute Gasteiger partial charge is 0.494 e. The van der Waals surface area contributed by atoms with E-state index in [1.807, 2.05) is 0 Å². The van der Waals surface area contributed by atoms with Crippen LogP contribution in [0.2, 0.25) is 0 Å². The summed E-state index contributed by atoms with van der Waals surface area (Å²) in [6.45, 7) is 10.4. The Bertz CT molecular complexity index is 550. The molecule has 2 aliphatic rings. The lowest BCUT2D eigenvalue weighted by atomic mass is 9.77. The second kappa shape index (κ2) is 5.27. The first-order chi connectivity index (χ1) is 9.89. The van der Waals surface area contributed by atoms with Crippen molar-refractivity contribution >= 4 is 18.2 Å². The Morgan fingerprint density at radius 3 is 2.43 bits per heavy atom. The van der Waals surface area contributed by atoms with Gasteiger partial charge < -0.3 is 14.6 Å². The van der Waals surface area contributed by atoms with E-state index in [1.54, 1.807) is 0 Å². The lowest BCUT2D eigenvalue weighted by molar-refractivity contribution is 0.00578. The van der Waals surface area contributed by atoms with E-state index >= 15 is 0 Å². The van der Waals surface area contributed by atoms with E-state index in [4.69, 9.17) is 9.31 Å². The van der Waals surface area contributed by atoms with Gasteiger partial charge in [0.1, 0.15) is 0 Å². The summed E-state index contributed by atoms with van der Waals surface area (Å²) in [7, 11) is -0.280. The normalized spacial score (nSPS) is 24.0. The Balaban J connectivity index is 1.86. The van der Waals surface area contributed by atoms with Crippen LogP contribution in [0.25, 0.3) is 5.57 Å². The third kappa shape index (κ3) is 2.80. The number of hydrogen-bond acceptors (Lipinski definition) is 3. The van der Waals surface area contributed by atoms with Gasteiger partial charge in [-0.3, -0.25) is 0 Å². The molecule has 1 N–H and O–H groups in total. The predicted molar refractivity (Wildman–Crippen MR) is 87.6 cm³/mol. The van der Waals surface area contributed by atoms with E-state index in [2.05, 4.69) is 63.4 Å². The standard InChI is InChI=1S/C17H24BNO2/c1-16(2)17(3,4)21-18(20-16)15-7-5-6-14(12-15)13-8-10-19-11-9-13/h5-8,12,19H,9-11H2,1-4H3. The van der Waals surface area contributed by atoms with Crippen molar-refractivity contribution in [3.63, 3.8) is 0 Å². The fourth-order valence-corrected chi connectivity index (χ4v) is 2.75. The zero-order chi connectivity index (χ0) is 15.1. The van der Waals surface area contributed by atoms with Crippen molar-refractivity contribution in [3.05, 3.63) is 35.9 Å². The van der Waals surface area contributed by atoms with Gasteiger partial charge in [0.05, 0.1) is 11.2 Å². The number of rotatable bonds is 2. The van der Waals surface area contributed by atoms with Crippen LogP contribution in [0.1, 0.15) is 39.7 Å². The van der Waals surface area contributed by atoms with Crippen LogP contribution in [-0.4, -0.2) is 31.4 Å². The molecule has 0 saturated carbocycles. The molecule has 0 bridgehead atoms. The van der Waals surface area contributed by atoms with Crippen molar-refractivity contribution in [2.45, 2.75) is 45.3 Å². The quantitative estimate of drug-likeness (QED) is 0.846. The van der Waals surface area contributed by atoms with Gasteiger partial charge in [0.2, 0.25) is 0 Å². The van der Waals surface area contributed by atoms with Gasteiger partial charge in [-0.25, -0.2) is 0 Å². The van der Waals surface area contributed by atoms with E-state index in [0.717, 1.165) is 25.0 Å². The molecule has 21 heavy (non-hydrogen) atoms. The highest BCUT2D eigenvalue weighted by atomic mass is 16.7. The van der Waals surface area contributed by atoms with E-state index in [0.29, 0.717) is 0 Å². The van der Waals surface area contributed by atoms with Crippen LogP contribution in [0, 0.1) is 0 Å². The van der Waals surface area contributed by atoms with Gasteiger partial charge >= 0.3 is 7.12 Å².